The minimum atomic E-state index is -0.00943. The molecule has 1 heterocycles. The number of rotatable bonds is 7. The van der Waals surface area contributed by atoms with E-state index in [-0.39, 0.29) is 5.91 Å². The number of para-hydroxylation sites is 1. The van der Waals surface area contributed by atoms with Gasteiger partial charge < -0.3 is 10.1 Å². The lowest BCUT2D eigenvalue weighted by Gasteiger charge is -2.07. The number of fused-ring (bicyclic) bond motifs is 1. The highest BCUT2D eigenvalue weighted by Gasteiger charge is 2.11. The lowest BCUT2D eigenvalue weighted by atomic mass is 10.1. The van der Waals surface area contributed by atoms with E-state index < -0.39 is 0 Å². The third-order valence-corrected chi connectivity index (χ3v) is 4.11. The first-order chi connectivity index (χ1) is 12.2. The van der Waals surface area contributed by atoms with Crippen LogP contribution < -0.4 is 10.1 Å². The smallest absolute Gasteiger partial charge is 0.226 e. The minimum Gasteiger partial charge on any atom is -0.494 e. The third kappa shape index (κ3) is 4.18. The summed E-state index contributed by atoms with van der Waals surface area (Å²) in [4.78, 5) is 12.2. The molecule has 0 spiro atoms. The summed E-state index contributed by atoms with van der Waals surface area (Å²) in [6.07, 6.45) is 1.07. The molecule has 0 saturated heterocycles. The zero-order chi connectivity index (χ0) is 17.6. The van der Waals surface area contributed by atoms with Crippen LogP contribution in [0.5, 0.6) is 5.75 Å². The van der Waals surface area contributed by atoms with Crippen LogP contribution in [0.15, 0.2) is 48.5 Å². The zero-order valence-electron chi connectivity index (χ0n) is 14.7. The Balaban J connectivity index is 1.55. The summed E-state index contributed by atoms with van der Waals surface area (Å²) in [6, 6.07) is 15.9. The van der Waals surface area contributed by atoms with Crippen LogP contribution in [0.2, 0.25) is 0 Å². The number of hydrogen-bond acceptors (Lipinski definition) is 3. The highest BCUT2D eigenvalue weighted by atomic mass is 16.5. The summed E-state index contributed by atoms with van der Waals surface area (Å²) >= 11 is 0. The Morgan fingerprint density at radius 2 is 2.04 bits per heavy atom. The molecule has 0 atom stereocenters. The first-order valence-corrected chi connectivity index (χ1v) is 8.56. The summed E-state index contributed by atoms with van der Waals surface area (Å²) in [5.74, 6) is 0.857. The number of aromatic nitrogens is 2. The summed E-state index contributed by atoms with van der Waals surface area (Å²) in [7, 11) is 1.90. The van der Waals surface area contributed by atoms with E-state index in [1.807, 2.05) is 67.2 Å². The van der Waals surface area contributed by atoms with Crippen LogP contribution in [0.4, 0.5) is 0 Å². The molecule has 0 bridgehead atoms. The van der Waals surface area contributed by atoms with Gasteiger partial charge in [-0.2, -0.15) is 5.10 Å². The highest BCUT2D eigenvalue weighted by molar-refractivity contribution is 5.87. The Labute approximate surface area is 147 Å². The zero-order valence-corrected chi connectivity index (χ0v) is 14.7. The van der Waals surface area contributed by atoms with Crippen molar-refractivity contribution in [2.45, 2.75) is 19.8 Å². The van der Waals surface area contributed by atoms with Crippen molar-refractivity contribution in [3.63, 3.8) is 0 Å². The molecule has 0 unspecified atom stereocenters. The number of amides is 1. The highest BCUT2D eigenvalue weighted by Crippen LogP contribution is 2.17. The predicted molar refractivity (Wildman–Crippen MR) is 98.7 cm³/mol. The van der Waals surface area contributed by atoms with Crippen molar-refractivity contribution >= 4 is 16.8 Å². The molecular weight excluding hydrogens is 314 g/mol. The maximum atomic E-state index is 12.2. The van der Waals surface area contributed by atoms with Gasteiger partial charge in [-0.15, -0.1) is 0 Å². The molecule has 1 aromatic heterocycles. The molecule has 0 fully saturated rings. The molecular formula is C20H23N3O2. The molecule has 2 aromatic carbocycles. The molecule has 5 heteroatoms. The molecule has 1 amide bonds. The first kappa shape index (κ1) is 17.0. The van der Waals surface area contributed by atoms with Crippen LogP contribution in [0.25, 0.3) is 10.9 Å². The monoisotopic (exact) mass is 337 g/mol. The average Bonchev–Trinajstić information content (AvgIpc) is 2.92. The number of nitrogens with one attached hydrogen (secondary N) is 1. The second-order valence-electron chi connectivity index (χ2n) is 5.94. The van der Waals surface area contributed by atoms with Crippen molar-refractivity contribution in [2.24, 2.45) is 7.05 Å². The lowest BCUT2D eigenvalue weighted by Crippen LogP contribution is -2.27. The van der Waals surface area contributed by atoms with Crippen LogP contribution in [-0.2, 0) is 24.7 Å². The molecule has 0 saturated carbocycles. The van der Waals surface area contributed by atoms with Gasteiger partial charge in [-0.3, -0.25) is 9.48 Å². The second kappa shape index (κ2) is 7.83. The van der Waals surface area contributed by atoms with Crippen LogP contribution in [0, 0.1) is 0 Å². The summed E-state index contributed by atoms with van der Waals surface area (Å²) in [6.45, 7) is 3.21. The van der Waals surface area contributed by atoms with Crippen LogP contribution in [-0.4, -0.2) is 28.8 Å². The van der Waals surface area contributed by atoms with E-state index in [0.717, 1.165) is 34.3 Å². The van der Waals surface area contributed by atoms with Crippen molar-refractivity contribution in [1.82, 2.24) is 15.1 Å². The Bertz CT molecular complexity index is 870. The molecule has 0 aliphatic heterocycles. The van der Waals surface area contributed by atoms with E-state index in [4.69, 9.17) is 4.74 Å². The van der Waals surface area contributed by atoms with Crippen molar-refractivity contribution in [3.05, 3.63) is 59.8 Å². The van der Waals surface area contributed by atoms with Gasteiger partial charge in [-0.1, -0.05) is 30.3 Å². The Kier molecular flexibility index (Phi) is 5.33. The van der Waals surface area contributed by atoms with Crippen molar-refractivity contribution in [2.75, 3.05) is 13.2 Å². The maximum absolute atomic E-state index is 12.2. The van der Waals surface area contributed by atoms with Gasteiger partial charge in [0.1, 0.15) is 5.75 Å². The van der Waals surface area contributed by atoms with Crippen molar-refractivity contribution in [3.8, 4) is 5.75 Å². The van der Waals surface area contributed by atoms with Crippen molar-refractivity contribution in [1.29, 1.82) is 0 Å². The standard InChI is InChI=1S/C20H23N3O2/c1-3-25-16-8-6-7-15(13-16)11-12-21-20(24)14-18-17-9-4-5-10-19(17)23(2)22-18/h4-10,13H,3,11-12,14H2,1-2H3,(H,21,24). The minimum absolute atomic E-state index is 0.00943. The van der Waals surface area contributed by atoms with Crippen LogP contribution in [0.1, 0.15) is 18.2 Å². The van der Waals surface area contributed by atoms with Gasteiger partial charge in [0.2, 0.25) is 5.91 Å². The summed E-state index contributed by atoms with van der Waals surface area (Å²) in [5.41, 5.74) is 3.00. The third-order valence-electron chi connectivity index (χ3n) is 4.11. The molecule has 130 valence electrons. The number of hydrogen-bond donors (Lipinski definition) is 1. The number of aryl methyl sites for hydroxylation is 1. The fourth-order valence-electron chi connectivity index (χ4n) is 2.94. The molecule has 3 aromatic rings. The van der Waals surface area contributed by atoms with E-state index in [1.54, 1.807) is 0 Å². The summed E-state index contributed by atoms with van der Waals surface area (Å²) < 4.78 is 7.31. The number of nitrogens with zero attached hydrogens (tertiary/aromatic N) is 2. The van der Waals surface area contributed by atoms with Gasteiger partial charge in [0, 0.05) is 19.0 Å². The molecule has 0 aliphatic carbocycles. The van der Waals surface area contributed by atoms with Crippen LogP contribution >= 0.6 is 0 Å². The number of benzene rings is 2. The van der Waals surface area contributed by atoms with Crippen molar-refractivity contribution < 1.29 is 9.53 Å². The fourth-order valence-corrected chi connectivity index (χ4v) is 2.94. The van der Waals surface area contributed by atoms with Gasteiger partial charge in [0.25, 0.3) is 0 Å². The number of ether oxygens (including phenoxy) is 1. The van der Waals surface area contributed by atoms with Gasteiger partial charge in [0.15, 0.2) is 0 Å². The van der Waals surface area contributed by atoms with Gasteiger partial charge >= 0.3 is 0 Å². The van der Waals surface area contributed by atoms with E-state index in [9.17, 15) is 4.79 Å². The SMILES string of the molecule is CCOc1cccc(CCNC(=O)Cc2nn(C)c3ccccc23)c1. The molecule has 25 heavy (non-hydrogen) atoms. The maximum Gasteiger partial charge on any atom is 0.226 e. The van der Waals surface area contributed by atoms with E-state index in [1.165, 1.54) is 0 Å². The predicted octanol–water partition coefficient (Wildman–Crippen LogP) is 2.87. The average molecular weight is 337 g/mol. The Morgan fingerprint density at radius 1 is 1.20 bits per heavy atom. The second-order valence-corrected chi connectivity index (χ2v) is 5.94. The molecule has 0 radical (unpaired) electrons. The fraction of sp³-hybridized carbons (Fsp3) is 0.300. The van der Waals surface area contributed by atoms with E-state index in [2.05, 4.69) is 10.4 Å². The Hall–Kier alpha value is -2.82. The summed E-state index contributed by atoms with van der Waals surface area (Å²) in [5, 5.41) is 8.48. The van der Waals surface area contributed by atoms with E-state index in [0.29, 0.717) is 19.6 Å². The lowest BCUT2D eigenvalue weighted by molar-refractivity contribution is -0.120. The first-order valence-electron chi connectivity index (χ1n) is 8.56. The normalized spacial score (nSPS) is 10.8. The molecule has 0 aliphatic rings. The van der Waals surface area contributed by atoms with Gasteiger partial charge in [-0.25, -0.2) is 0 Å². The van der Waals surface area contributed by atoms with Gasteiger partial charge in [-0.05, 0) is 37.1 Å². The van der Waals surface area contributed by atoms with Crippen LogP contribution in [0.3, 0.4) is 0 Å². The number of carbonyl (C=O) groups is 1. The Morgan fingerprint density at radius 3 is 2.88 bits per heavy atom. The van der Waals surface area contributed by atoms with Gasteiger partial charge in [0.05, 0.1) is 24.2 Å². The van der Waals surface area contributed by atoms with E-state index >= 15 is 0 Å². The molecule has 1 N–H and O–H groups in total. The molecule has 3 rings (SSSR count). The quantitative estimate of drug-likeness (QED) is 0.721. The number of carbonyl (C=O) groups excluding carboxylic acids is 1. The largest absolute Gasteiger partial charge is 0.494 e. The topological polar surface area (TPSA) is 56.1 Å². The molecule has 5 nitrogen and oxygen atoms in total.